The van der Waals surface area contributed by atoms with E-state index < -0.39 is 5.60 Å². The predicted octanol–water partition coefficient (Wildman–Crippen LogP) is 2.70. The number of carbonyl (C=O) groups excluding carboxylic acids is 2. The number of likely N-dealkylation sites (tertiary alicyclic amines) is 1. The minimum Gasteiger partial charge on any atom is -0.508 e. The molecule has 2 rings (SSSR count). The highest BCUT2D eigenvalue weighted by Gasteiger charge is 2.29. The number of amides is 2. The number of nitrogens with zero attached hydrogens (tertiary/aromatic N) is 1. The third-order valence-electron chi connectivity index (χ3n) is 4.20. The second-order valence-electron chi connectivity index (χ2n) is 7.41. The van der Waals surface area contributed by atoms with Crippen molar-refractivity contribution in [2.24, 2.45) is 5.92 Å². The monoisotopic (exact) mass is 348 g/mol. The number of hydrogen-bond donors (Lipinski definition) is 2. The van der Waals surface area contributed by atoms with E-state index in [2.05, 4.69) is 5.32 Å². The van der Waals surface area contributed by atoms with Gasteiger partial charge in [-0.25, -0.2) is 4.79 Å². The molecular weight excluding hydrogens is 320 g/mol. The van der Waals surface area contributed by atoms with Gasteiger partial charge in [0.05, 0.1) is 0 Å². The minimum atomic E-state index is -0.506. The van der Waals surface area contributed by atoms with Gasteiger partial charge in [-0.3, -0.25) is 4.79 Å². The average Bonchev–Trinajstić information content (AvgIpc) is 2.55. The first-order chi connectivity index (χ1) is 11.8. The molecule has 1 fully saturated rings. The van der Waals surface area contributed by atoms with Crippen LogP contribution in [0.5, 0.6) is 5.75 Å². The molecule has 0 atom stereocenters. The molecule has 1 saturated heterocycles. The number of para-hydroxylation sites is 1. The number of phenols is 1. The SMILES string of the molecule is CC(C)(C)OC(=O)N1CCC(C(=O)NCCc2ccccc2O)CC1. The summed E-state index contributed by atoms with van der Waals surface area (Å²) in [5, 5.41) is 12.6. The second kappa shape index (κ2) is 8.23. The molecule has 1 aromatic carbocycles. The van der Waals surface area contributed by atoms with Crippen LogP contribution in [0.3, 0.4) is 0 Å². The molecule has 1 heterocycles. The van der Waals surface area contributed by atoms with Crippen LogP contribution in [0.1, 0.15) is 39.2 Å². The van der Waals surface area contributed by atoms with E-state index in [1.165, 1.54) is 0 Å². The fourth-order valence-corrected chi connectivity index (χ4v) is 2.84. The van der Waals surface area contributed by atoms with Crippen LogP contribution < -0.4 is 5.32 Å². The van der Waals surface area contributed by atoms with Crippen molar-refractivity contribution in [3.8, 4) is 5.75 Å². The Kier molecular flexibility index (Phi) is 6.28. The average molecular weight is 348 g/mol. The van der Waals surface area contributed by atoms with Gasteiger partial charge in [0, 0.05) is 25.6 Å². The summed E-state index contributed by atoms with van der Waals surface area (Å²) in [6.07, 6.45) is 1.56. The van der Waals surface area contributed by atoms with Crippen LogP contribution in [0.15, 0.2) is 24.3 Å². The number of phenolic OH excluding ortho intramolecular Hbond substituents is 1. The van der Waals surface area contributed by atoms with E-state index in [1.54, 1.807) is 17.0 Å². The Labute approximate surface area is 149 Å². The third-order valence-corrected chi connectivity index (χ3v) is 4.20. The zero-order valence-electron chi connectivity index (χ0n) is 15.2. The Bertz CT molecular complexity index is 602. The number of piperidine rings is 1. The highest BCUT2D eigenvalue weighted by molar-refractivity contribution is 5.79. The van der Waals surface area contributed by atoms with Crippen LogP contribution >= 0.6 is 0 Å². The molecule has 1 aliphatic rings. The summed E-state index contributed by atoms with van der Waals surface area (Å²) < 4.78 is 5.36. The van der Waals surface area contributed by atoms with Gasteiger partial charge in [-0.15, -0.1) is 0 Å². The highest BCUT2D eigenvalue weighted by atomic mass is 16.6. The summed E-state index contributed by atoms with van der Waals surface area (Å²) in [5.74, 6) is 0.185. The summed E-state index contributed by atoms with van der Waals surface area (Å²) in [6.45, 7) is 7.09. The molecule has 0 radical (unpaired) electrons. The molecule has 6 nitrogen and oxygen atoms in total. The first kappa shape index (κ1) is 19.1. The van der Waals surface area contributed by atoms with Gasteiger partial charge < -0.3 is 20.1 Å². The fourth-order valence-electron chi connectivity index (χ4n) is 2.84. The van der Waals surface area contributed by atoms with Crippen molar-refractivity contribution < 1.29 is 19.4 Å². The van der Waals surface area contributed by atoms with E-state index >= 15 is 0 Å². The van der Waals surface area contributed by atoms with Gasteiger partial charge >= 0.3 is 6.09 Å². The third kappa shape index (κ3) is 5.96. The number of benzene rings is 1. The maximum Gasteiger partial charge on any atom is 0.410 e. The molecular formula is C19H28N2O4. The van der Waals surface area contributed by atoms with Gasteiger partial charge in [0.1, 0.15) is 11.4 Å². The molecule has 0 bridgehead atoms. The van der Waals surface area contributed by atoms with Crippen molar-refractivity contribution >= 4 is 12.0 Å². The number of aromatic hydroxyl groups is 1. The van der Waals surface area contributed by atoms with E-state index in [0.29, 0.717) is 38.9 Å². The van der Waals surface area contributed by atoms with Crippen molar-refractivity contribution in [3.05, 3.63) is 29.8 Å². The van der Waals surface area contributed by atoms with Gasteiger partial charge in [0.15, 0.2) is 0 Å². The molecule has 0 aromatic heterocycles. The maximum absolute atomic E-state index is 12.3. The summed E-state index contributed by atoms with van der Waals surface area (Å²) in [7, 11) is 0. The lowest BCUT2D eigenvalue weighted by Gasteiger charge is -2.32. The van der Waals surface area contributed by atoms with Gasteiger partial charge in [0.25, 0.3) is 0 Å². The summed E-state index contributed by atoms with van der Waals surface area (Å²) >= 11 is 0. The molecule has 6 heteroatoms. The molecule has 0 aliphatic carbocycles. The first-order valence-electron chi connectivity index (χ1n) is 8.79. The van der Waals surface area contributed by atoms with Crippen molar-refractivity contribution in [2.45, 2.75) is 45.6 Å². The van der Waals surface area contributed by atoms with E-state index in [1.807, 2.05) is 32.9 Å². The van der Waals surface area contributed by atoms with Crippen molar-refractivity contribution in [1.29, 1.82) is 0 Å². The molecule has 1 aromatic rings. The Hall–Kier alpha value is -2.24. The second-order valence-corrected chi connectivity index (χ2v) is 7.41. The lowest BCUT2D eigenvalue weighted by molar-refractivity contribution is -0.126. The van der Waals surface area contributed by atoms with Crippen molar-refractivity contribution in [2.75, 3.05) is 19.6 Å². The number of carbonyl (C=O) groups is 2. The van der Waals surface area contributed by atoms with Crippen molar-refractivity contribution in [1.82, 2.24) is 10.2 Å². The molecule has 0 spiro atoms. The van der Waals surface area contributed by atoms with Crippen LogP contribution in [0.2, 0.25) is 0 Å². The van der Waals surface area contributed by atoms with Crippen LogP contribution in [0.4, 0.5) is 4.79 Å². The van der Waals surface area contributed by atoms with E-state index in [4.69, 9.17) is 4.74 Å². The van der Waals surface area contributed by atoms with Crippen LogP contribution in [0, 0.1) is 5.92 Å². The summed E-state index contributed by atoms with van der Waals surface area (Å²) in [5.41, 5.74) is 0.316. The van der Waals surface area contributed by atoms with Crippen molar-refractivity contribution in [3.63, 3.8) is 0 Å². The maximum atomic E-state index is 12.3. The van der Waals surface area contributed by atoms with E-state index in [-0.39, 0.29) is 23.7 Å². The normalized spacial score (nSPS) is 15.7. The molecule has 25 heavy (non-hydrogen) atoms. The summed E-state index contributed by atoms with van der Waals surface area (Å²) in [4.78, 5) is 26.0. The topological polar surface area (TPSA) is 78.9 Å². The molecule has 138 valence electrons. The van der Waals surface area contributed by atoms with E-state index in [0.717, 1.165) is 5.56 Å². The smallest absolute Gasteiger partial charge is 0.410 e. The largest absolute Gasteiger partial charge is 0.508 e. The first-order valence-corrected chi connectivity index (χ1v) is 8.79. The number of ether oxygens (including phenoxy) is 1. The Morgan fingerprint density at radius 1 is 1.24 bits per heavy atom. The predicted molar refractivity (Wildman–Crippen MR) is 95.4 cm³/mol. The molecule has 2 amide bonds. The zero-order chi connectivity index (χ0) is 18.4. The van der Waals surface area contributed by atoms with Crippen LogP contribution in [0.25, 0.3) is 0 Å². The lowest BCUT2D eigenvalue weighted by Crippen LogP contribution is -2.45. The molecule has 2 N–H and O–H groups in total. The number of nitrogens with one attached hydrogen (secondary N) is 1. The van der Waals surface area contributed by atoms with Gasteiger partial charge in [-0.1, -0.05) is 18.2 Å². The van der Waals surface area contributed by atoms with Crippen LogP contribution in [-0.2, 0) is 16.0 Å². The Morgan fingerprint density at radius 2 is 1.88 bits per heavy atom. The quantitative estimate of drug-likeness (QED) is 0.877. The molecule has 0 saturated carbocycles. The Morgan fingerprint density at radius 3 is 2.48 bits per heavy atom. The standard InChI is InChI=1S/C19H28N2O4/c1-19(2,3)25-18(24)21-12-9-15(10-13-21)17(23)20-11-8-14-6-4-5-7-16(14)22/h4-7,15,22H,8-13H2,1-3H3,(H,20,23). The van der Waals surface area contributed by atoms with Crippen LogP contribution in [-0.4, -0.2) is 47.2 Å². The highest BCUT2D eigenvalue weighted by Crippen LogP contribution is 2.20. The minimum absolute atomic E-state index is 0.0132. The number of rotatable bonds is 4. The lowest BCUT2D eigenvalue weighted by atomic mass is 9.96. The van der Waals surface area contributed by atoms with E-state index in [9.17, 15) is 14.7 Å². The van der Waals surface area contributed by atoms with Gasteiger partial charge in [-0.2, -0.15) is 0 Å². The van der Waals surface area contributed by atoms with Gasteiger partial charge in [-0.05, 0) is 51.7 Å². The summed E-state index contributed by atoms with van der Waals surface area (Å²) in [6, 6.07) is 7.13. The van der Waals surface area contributed by atoms with Gasteiger partial charge in [0.2, 0.25) is 5.91 Å². The molecule has 1 aliphatic heterocycles. The molecule has 0 unspecified atom stereocenters. The fraction of sp³-hybridized carbons (Fsp3) is 0.579. The zero-order valence-corrected chi connectivity index (χ0v) is 15.2. The Balaban J connectivity index is 1.72. The number of hydrogen-bond acceptors (Lipinski definition) is 4.